The fraction of sp³-hybridized carbons (Fsp3) is 0.500. The van der Waals surface area contributed by atoms with Crippen molar-refractivity contribution in [3.8, 4) is 0 Å². The summed E-state index contributed by atoms with van der Waals surface area (Å²) in [6.45, 7) is 1.73. The Bertz CT molecular complexity index is 429. The van der Waals surface area contributed by atoms with Crippen LogP contribution in [0.5, 0.6) is 0 Å². The van der Waals surface area contributed by atoms with E-state index in [2.05, 4.69) is 4.98 Å². The van der Waals surface area contributed by atoms with Gasteiger partial charge in [-0.2, -0.15) is 0 Å². The SMILES string of the molecule is CC(O)c1[nH]cc[n+]1C.O=C1NC(=O)C(F)C1F. The molecular weight excluding hydrogens is 248 g/mol. The molecule has 1 aliphatic heterocycles. The van der Waals surface area contributed by atoms with Gasteiger partial charge < -0.3 is 5.11 Å². The maximum absolute atomic E-state index is 12.0. The van der Waals surface area contributed by atoms with E-state index in [0.717, 1.165) is 5.82 Å². The van der Waals surface area contributed by atoms with Crippen LogP contribution >= 0.6 is 0 Å². The van der Waals surface area contributed by atoms with Gasteiger partial charge in [0.1, 0.15) is 12.4 Å². The number of amides is 2. The molecule has 1 aliphatic rings. The van der Waals surface area contributed by atoms with E-state index in [9.17, 15) is 18.4 Å². The van der Waals surface area contributed by atoms with Crippen molar-refractivity contribution < 1.29 is 28.0 Å². The van der Waals surface area contributed by atoms with E-state index in [1.54, 1.807) is 13.1 Å². The molecule has 0 radical (unpaired) electrons. The number of aromatic amines is 1. The molecule has 3 N–H and O–H groups in total. The summed E-state index contributed by atoms with van der Waals surface area (Å²) in [6, 6.07) is 0. The minimum absolute atomic E-state index is 0.412. The molecule has 100 valence electrons. The fourth-order valence-electron chi connectivity index (χ4n) is 1.36. The summed E-state index contributed by atoms with van der Waals surface area (Å²) in [6.07, 6.45) is -1.37. The minimum atomic E-state index is -2.31. The first-order valence-corrected chi connectivity index (χ1v) is 5.18. The number of rotatable bonds is 1. The molecular formula is C10H14F2N3O3+. The van der Waals surface area contributed by atoms with Gasteiger partial charge in [-0.1, -0.05) is 0 Å². The Morgan fingerprint density at radius 2 is 1.83 bits per heavy atom. The van der Waals surface area contributed by atoms with Crippen molar-refractivity contribution in [1.82, 2.24) is 10.3 Å². The summed E-state index contributed by atoms with van der Waals surface area (Å²) in [5, 5.41) is 10.5. The Morgan fingerprint density at radius 3 is 2.00 bits per heavy atom. The summed E-state index contributed by atoms with van der Waals surface area (Å²) in [4.78, 5) is 23.0. The van der Waals surface area contributed by atoms with Crippen LogP contribution in [0.4, 0.5) is 8.78 Å². The molecule has 18 heavy (non-hydrogen) atoms. The lowest BCUT2D eigenvalue weighted by Gasteiger charge is -1.94. The average molecular weight is 262 g/mol. The second-order valence-electron chi connectivity index (χ2n) is 3.79. The van der Waals surface area contributed by atoms with Gasteiger partial charge in [0, 0.05) is 0 Å². The summed E-state index contributed by atoms with van der Waals surface area (Å²) >= 11 is 0. The smallest absolute Gasteiger partial charge is 0.283 e. The lowest BCUT2D eigenvalue weighted by Crippen LogP contribution is -2.31. The van der Waals surface area contributed by atoms with Gasteiger partial charge in [0.05, 0.1) is 7.05 Å². The highest BCUT2D eigenvalue weighted by Gasteiger charge is 2.42. The Balaban J connectivity index is 0.000000180. The van der Waals surface area contributed by atoms with Gasteiger partial charge in [0.2, 0.25) is 12.3 Å². The molecule has 0 bridgehead atoms. The van der Waals surface area contributed by atoms with Crippen molar-refractivity contribution in [2.75, 3.05) is 0 Å². The number of alkyl halides is 2. The molecule has 1 fully saturated rings. The van der Waals surface area contributed by atoms with Gasteiger partial charge in [0.25, 0.3) is 17.6 Å². The zero-order valence-corrected chi connectivity index (χ0v) is 9.85. The molecule has 1 aromatic rings. The van der Waals surface area contributed by atoms with Crippen LogP contribution in [0.3, 0.4) is 0 Å². The van der Waals surface area contributed by atoms with Crippen LogP contribution in [0.2, 0.25) is 0 Å². The number of hydrogen-bond donors (Lipinski definition) is 3. The minimum Gasteiger partial charge on any atom is -0.381 e. The van der Waals surface area contributed by atoms with Gasteiger partial charge >= 0.3 is 0 Å². The third kappa shape index (κ3) is 3.10. The summed E-state index contributed by atoms with van der Waals surface area (Å²) in [7, 11) is 1.89. The summed E-state index contributed by atoms with van der Waals surface area (Å²) < 4.78 is 25.8. The van der Waals surface area contributed by atoms with E-state index in [0.29, 0.717) is 0 Å². The largest absolute Gasteiger partial charge is 0.381 e. The van der Waals surface area contributed by atoms with E-state index in [-0.39, 0.29) is 0 Å². The maximum Gasteiger partial charge on any atom is 0.283 e. The zero-order valence-electron chi connectivity index (χ0n) is 9.85. The fourth-order valence-corrected chi connectivity index (χ4v) is 1.36. The second-order valence-corrected chi connectivity index (χ2v) is 3.79. The predicted molar refractivity (Wildman–Crippen MR) is 55.5 cm³/mol. The van der Waals surface area contributed by atoms with Crippen molar-refractivity contribution in [3.05, 3.63) is 18.2 Å². The number of aromatic nitrogens is 2. The summed E-state index contributed by atoms with van der Waals surface area (Å²) in [5.41, 5.74) is 0. The number of hydrogen-bond acceptors (Lipinski definition) is 3. The third-order valence-electron chi connectivity index (χ3n) is 2.31. The Hall–Kier alpha value is -1.83. The number of carbonyl (C=O) groups is 2. The van der Waals surface area contributed by atoms with Crippen LogP contribution in [0, 0.1) is 0 Å². The predicted octanol–water partition coefficient (Wildman–Crippen LogP) is -0.788. The highest BCUT2D eigenvalue weighted by molar-refractivity contribution is 6.07. The van der Waals surface area contributed by atoms with Crippen LogP contribution < -0.4 is 9.88 Å². The van der Waals surface area contributed by atoms with Crippen LogP contribution in [-0.2, 0) is 16.6 Å². The van der Waals surface area contributed by atoms with Crippen molar-refractivity contribution in [1.29, 1.82) is 0 Å². The van der Waals surface area contributed by atoms with Crippen LogP contribution in [0.15, 0.2) is 12.4 Å². The maximum atomic E-state index is 12.0. The Morgan fingerprint density at radius 1 is 1.33 bits per heavy atom. The molecule has 2 rings (SSSR count). The number of halogens is 2. The van der Waals surface area contributed by atoms with Crippen molar-refractivity contribution in [2.45, 2.75) is 25.4 Å². The third-order valence-corrected chi connectivity index (χ3v) is 2.31. The second kappa shape index (κ2) is 5.67. The molecule has 1 saturated heterocycles. The number of aryl methyl sites for hydroxylation is 1. The van der Waals surface area contributed by atoms with Gasteiger partial charge in [-0.25, -0.2) is 18.3 Å². The van der Waals surface area contributed by atoms with E-state index in [1.165, 1.54) is 5.32 Å². The molecule has 0 aromatic carbocycles. The lowest BCUT2D eigenvalue weighted by atomic mass is 10.3. The topological polar surface area (TPSA) is 86.1 Å². The number of imidazole rings is 1. The van der Waals surface area contributed by atoms with Gasteiger partial charge in [-0.05, 0) is 6.92 Å². The number of imide groups is 1. The number of aliphatic hydroxyl groups excluding tert-OH is 1. The van der Waals surface area contributed by atoms with E-state index in [4.69, 9.17) is 5.11 Å². The Labute approximate surface area is 102 Å². The van der Waals surface area contributed by atoms with Crippen LogP contribution in [0.1, 0.15) is 18.9 Å². The number of H-pyrrole nitrogens is 1. The molecule has 3 unspecified atom stereocenters. The molecule has 2 amide bonds. The quantitative estimate of drug-likeness (QED) is 0.458. The molecule has 2 heterocycles. The van der Waals surface area contributed by atoms with Crippen molar-refractivity contribution >= 4 is 11.8 Å². The number of carbonyl (C=O) groups excluding carboxylic acids is 2. The van der Waals surface area contributed by atoms with Crippen LogP contribution in [-0.4, -0.2) is 34.2 Å². The molecule has 3 atom stereocenters. The number of aliphatic hydroxyl groups is 1. The molecule has 6 nitrogen and oxygen atoms in total. The van der Waals surface area contributed by atoms with Crippen molar-refractivity contribution in [3.63, 3.8) is 0 Å². The zero-order chi connectivity index (χ0) is 13.9. The average Bonchev–Trinajstić information content (AvgIpc) is 2.81. The number of nitrogens with zero attached hydrogens (tertiary/aromatic N) is 1. The van der Waals surface area contributed by atoms with Crippen molar-refractivity contribution in [2.24, 2.45) is 7.05 Å². The first-order valence-electron chi connectivity index (χ1n) is 5.18. The van der Waals surface area contributed by atoms with Gasteiger partial charge in [0.15, 0.2) is 6.10 Å². The highest BCUT2D eigenvalue weighted by atomic mass is 19.2. The van der Waals surface area contributed by atoms with Gasteiger partial charge in [-0.3, -0.25) is 14.9 Å². The molecule has 0 saturated carbocycles. The van der Waals surface area contributed by atoms with Gasteiger partial charge in [-0.15, -0.1) is 0 Å². The lowest BCUT2D eigenvalue weighted by molar-refractivity contribution is -0.681. The van der Waals surface area contributed by atoms with Crippen LogP contribution in [0.25, 0.3) is 0 Å². The molecule has 0 spiro atoms. The molecule has 8 heteroatoms. The molecule has 0 aliphatic carbocycles. The van der Waals surface area contributed by atoms with E-state index < -0.39 is 30.3 Å². The standard InChI is InChI=1S/C6H10N2O.C4H3F2NO2/c1-5(9)6-7-3-4-8(6)2;5-1-2(6)4(9)7-3(1)8/h3-5,9H,1-2H3;1-2H,(H,7,8,9)/p+1. The Kier molecular flexibility index (Phi) is 4.49. The summed E-state index contributed by atoms with van der Waals surface area (Å²) in [5.74, 6) is -1.55. The van der Waals surface area contributed by atoms with E-state index >= 15 is 0 Å². The number of nitrogens with one attached hydrogen (secondary N) is 2. The first kappa shape index (κ1) is 14.2. The monoisotopic (exact) mass is 262 g/mol. The first-order chi connectivity index (χ1) is 8.34. The van der Waals surface area contributed by atoms with E-state index in [1.807, 2.05) is 17.8 Å². The highest BCUT2D eigenvalue weighted by Crippen LogP contribution is 2.10. The normalized spacial score (nSPS) is 24.3. The molecule has 1 aromatic heterocycles.